The molecule has 0 aromatic rings. The lowest BCUT2D eigenvalue weighted by molar-refractivity contribution is -0.126. The lowest BCUT2D eigenvalue weighted by Crippen LogP contribution is -2.53. The molecule has 1 saturated carbocycles. The van der Waals surface area contributed by atoms with Crippen LogP contribution in [0, 0.1) is 5.92 Å². The van der Waals surface area contributed by atoms with Crippen LogP contribution in [-0.2, 0) is 4.79 Å². The van der Waals surface area contributed by atoms with Crippen LogP contribution in [0.25, 0.3) is 0 Å². The fraction of sp³-hybridized carbons (Fsp3) is 0.923. The van der Waals surface area contributed by atoms with Crippen LogP contribution in [0.4, 0.5) is 0 Å². The minimum atomic E-state index is -0.687. The lowest BCUT2D eigenvalue weighted by Gasteiger charge is -2.25. The van der Waals surface area contributed by atoms with Gasteiger partial charge in [0, 0.05) is 6.54 Å². The van der Waals surface area contributed by atoms with E-state index in [0.29, 0.717) is 6.54 Å². The molecule has 100 valence electrons. The van der Waals surface area contributed by atoms with Crippen LogP contribution < -0.4 is 11.1 Å². The van der Waals surface area contributed by atoms with Gasteiger partial charge in [-0.1, -0.05) is 39.5 Å². The molecule has 1 atom stereocenters. The number of carbonyl (C=O) groups excluding carboxylic acids is 1. The monoisotopic (exact) mass is 242 g/mol. The predicted molar refractivity (Wildman–Crippen MR) is 68.5 cm³/mol. The topological polar surface area (TPSA) is 75.3 Å². The first-order valence-corrected chi connectivity index (χ1v) is 6.78. The third-order valence-corrected chi connectivity index (χ3v) is 4.01. The quantitative estimate of drug-likeness (QED) is 0.654. The third-order valence-electron chi connectivity index (χ3n) is 4.01. The molecule has 0 saturated heterocycles. The summed E-state index contributed by atoms with van der Waals surface area (Å²) in [5, 5.41) is 12.7. The van der Waals surface area contributed by atoms with Gasteiger partial charge in [-0.05, 0) is 18.8 Å². The number of aliphatic hydroxyl groups is 1. The third kappa shape index (κ3) is 3.68. The van der Waals surface area contributed by atoms with Crippen molar-refractivity contribution in [1.82, 2.24) is 5.32 Å². The Morgan fingerprint density at radius 3 is 2.35 bits per heavy atom. The minimum absolute atomic E-state index is 0.0972. The van der Waals surface area contributed by atoms with E-state index < -0.39 is 11.6 Å². The van der Waals surface area contributed by atoms with Gasteiger partial charge in [0.05, 0.1) is 11.6 Å². The van der Waals surface area contributed by atoms with Gasteiger partial charge in [-0.15, -0.1) is 0 Å². The Bertz CT molecular complexity index is 246. The van der Waals surface area contributed by atoms with Crippen molar-refractivity contribution in [3.05, 3.63) is 0 Å². The maximum Gasteiger partial charge on any atom is 0.240 e. The van der Waals surface area contributed by atoms with Crippen LogP contribution in [0.3, 0.4) is 0 Å². The van der Waals surface area contributed by atoms with E-state index in [1.165, 1.54) is 0 Å². The van der Waals surface area contributed by atoms with Gasteiger partial charge in [0.25, 0.3) is 0 Å². The van der Waals surface area contributed by atoms with Gasteiger partial charge >= 0.3 is 0 Å². The highest BCUT2D eigenvalue weighted by Crippen LogP contribution is 2.27. The van der Waals surface area contributed by atoms with Crippen molar-refractivity contribution in [2.45, 2.75) is 64.0 Å². The van der Waals surface area contributed by atoms with Crippen molar-refractivity contribution in [3.63, 3.8) is 0 Å². The molecule has 0 aliphatic heterocycles. The fourth-order valence-corrected chi connectivity index (χ4v) is 2.61. The second-order valence-corrected chi connectivity index (χ2v) is 5.22. The van der Waals surface area contributed by atoms with E-state index in [9.17, 15) is 9.90 Å². The number of hydrogen-bond acceptors (Lipinski definition) is 3. The summed E-state index contributed by atoms with van der Waals surface area (Å²) in [4.78, 5) is 11.9. The second-order valence-electron chi connectivity index (χ2n) is 5.22. The second kappa shape index (κ2) is 6.36. The zero-order chi connectivity index (χ0) is 12.9. The average molecular weight is 242 g/mol. The molecule has 1 aliphatic carbocycles. The number of aliphatic hydroxyl groups excluding tert-OH is 1. The maximum absolute atomic E-state index is 11.9. The van der Waals surface area contributed by atoms with Gasteiger partial charge in [0.2, 0.25) is 5.91 Å². The van der Waals surface area contributed by atoms with E-state index in [2.05, 4.69) is 19.2 Å². The minimum Gasteiger partial charge on any atom is -0.391 e. The van der Waals surface area contributed by atoms with Crippen LogP contribution in [0.15, 0.2) is 0 Å². The first-order valence-electron chi connectivity index (χ1n) is 6.78. The van der Waals surface area contributed by atoms with Gasteiger partial charge in [-0.3, -0.25) is 4.79 Å². The highest BCUT2D eigenvalue weighted by atomic mass is 16.3. The van der Waals surface area contributed by atoms with Crippen molar-refractivity contribution in [2.24, 2.45) is 11.7 Å². The first kappa shape index (κ1) is 14.5. The summed E-state index contributed by atoms with van der Waals surface area (Å²) in [6.07, 6.45) is 4.99. The van der Waals surface area contributed by atoms with Crippen molar-refractivity contribution in [1.29, 1.82) is 0 Å². The molecule has 0 radical (unpaired) electrons. The molecule has 4 N–H and O–H groups in total. The molecule has 0 aromatic heterocycles. The largest absolute Gasteiger partial charge is 0.391 e. The van der Waals surface area contributed by atoms with Gasteiger partial charge in [0.1, 0.15) is 0 Å². The lowest BCUT2D eigenvalue weighted by atomic mass is 9.95. The first-order chi connectivity index (χ1) is 8.03. The molecule has 1 unspecified atom stereocenters. The number of carbonyl (C=O) groups is 1. The SMILES string of the molecule is CCC(CC)C(O)CNC(=O)C1(N)CCCC1. The normalized spacial score (nSPS) is 20.5. The molecule has 0 aromatic carbocycles. The number of rotatable bonds is 6. The Morgan fingerprint density at radius 2 is 1.88 bits per heavy atom. The van der Waals surface area contributed by atoms with Crippen molar-refractivity contribution in [2.75, 3.05) is 6.54 Å². The maximum atomic E-state index is 11.9. The van der Waals surface area contributed by atoms with Crippen LogP contribution in [0.5, 0.6) is 0 Å². The standard InChI is InChI=1S/C13H26N2O2/c1-3-10(4-2)11(16)9-15-12(17)13(14)7-5-6-8-13/h10-11,16H,3-9,14H2,1-2H3,(H,15,17). The molecule has 0 heterocycles. The highest BCUT2D eigenvalue weighted by Gasteiger charge is 2.37. The molecule has 17 heavy (non-hydrogen) atoms. The Balaban J connectivity index is 2.37. The molecule has 1 amide bonds. The van der Waals surface area contributed by atoms with E-state index in [-0.39, 0.29) is 11.8 Å². The summed E-state index contributed by atoms with van der Waals surface area (Å²) < 4.78 is 0. The highest BCUT2D eigenvalue weighted by molar-refractivity contribution is 5.86. The van der Waals surface area contributed by atoms with Gasteiger partial charge in [0.15, 0.2) is 0 Å². The molecule has 4 heteroatoms. The molecular formula is C13H26N2O2. The van der Waals surface area contributed by atoms with E-state index in [0.717, 1.165) is 38.5 Å². The molecule has 0 bridgehead atoms. The van der Waals surface area contributed by atoms with Crippen LogP contribution in [-0.4, -0.2) is 29.2 Å². The van der Waals surface area contributed by atoms with E-state index in [1.54, 1.807) is 0 Å². The molecule has 0 spiro atoms. The van der Waals surface area contributed by atoms with Crippen LogP contribution in [0.1, 0.15) is 52.4 Å². The van der Waals surface area contributed by atoms with Crippen LogP contribution in [0.2, 0.25) is 0 Å². The Morgan fingerprint density at radius 1 is 1.35 bits per heavy atom. The Kier molecular flexibility index (Phi) is 5.40. The molecule has 1 rings (SSSR count). The van der Waals surface area contributed by atoms with E-state index in [1.807, 2.05) is 0 Å². The average Bonchev–Trinajstić information content (AvgIpc) is 2.76. The number of nitrogens with one attached hydrogen (secondary N) is 1. The van der Waals surface area contributed by atoms with E-state index in [4.69, 9.17) is 5.73 Å². The van der Waals surface area contributed by atoms with E-state index >= 15 is 0 Å². The zero-order valence-electron chi connectivity index (χ0n) is 11.0. The smallest absolute Gasteiger partial charge is 0.240 e. The summed E-state index contributed by atoms with van der Waals surface area (Å²) in [7, 11) is 0. The molecule has 4 nitrogen and oxygen atoms in total. The van der Waals surface area contributed by atoms with Gasteiger partial charge in [-0.25, -0.2) is 0 Å². The number of nitrogens with two attached hydrogens (primary N) is 1. The summed E-state index contributed by atoms with van der Waals surface area (Å²) in [6, 6.07) is 0. The Labute approximate surface area is 104 Å². The molecular weight excluding hydrogens is 216 g/mol. The van der Waals surface area contributed by atoms with Gasteiger partial charge < -0.3 is 16.2 Å². The number of hydrogen-bond donors (Lipinski definition) is 3. The molecule has 1 aliphatic rings. The summed E-state index contributed by atoms with van der Waals surface area (Å²) in [5.74, 6) is 0.160. The zero-order valence-corrected chi connectivity index (χ0v) is 11.0. The Hall–Kier alpha value is -0.610. The van der Waals surface area contributed by atoms with Crippen molar-refractivity contribution in [3.8, 4) is 0 Å². The summed E-state index contributed by atoms with van der Waals surface area (Å²) >= 11 is 0. The summed E-state index contributed by atoms with van der Waals surface area (Å²) in [5.41, 5.74) is 5.35. The van der Waals surface area contributed by atoms with Crippen molar-refractivity contribution >= 4 is 5.91 Å². The van der Waals surface area contributed by atoms with Crippen molar-refractivity contribution < 1.29 is 9.90 Å². The van der Waals surface area contributed by atoms with Crippen LogP contribution >= 0.6 is 0 Å². The number of amides is 1. The van der Waals surface area contributed by atoms with Gasteiger partial charge in [-0.2, -0.15) is 0 Å². The summed E-state index contributed by atoms with van der Waals surface area (Å²) in [6.45, 7) is 4.44. The predicted octanol–water partition coefficient (Wildman–Crippen LogP) is 1.17. The molecule has 1 fully saturated rings. The fourth-order valence-electron chi connectivity index (χ4n) is 2.61.